The molecule has 0 aliphatic carbocycles. The van der Waals surface area contributed by atoms with Crippen LogP contribution in [0.3, 0.4) is 0 Å². The van der Waals surface area contributed by atoms with Crippen molar-refractivity contribution in [2.75, 3.05) is 32.8 Å². The Kier molecular flexibility index (Phi) is 9.78. The number of hydrogen-bond acceptors (Lipinski definition) is 7. The van der Waals surface area contributed by atoms with Crippen molar-refractivity contribution in [3.05, 3.63) is 83.1 Å². The second-order valence-electron chi connectivity index (χ2n) is 9.76. The number of carbonyl (C=O) groups is 2. The topological polar surface area (TPSA) is 134 Å². The third kappa shape index (κ3) is 7.94. The summed E-state index contributed by atoms with van der Waals surface area (Å²) in [7, 11) is 0. The third-order valence-electron chi connectivity index (χ3n) is 6.71. The number of carboxylic acid groups (broad SMARTS) is 1. The summed E-state index contributed by atoms with van der Waals surface area (Å²) >= 11 is 1.55. The van der Waals surface area contributed by atoms with E-state index in [0.29, 0.717) is 45.0 Å². The average molecular weight is 588 g/mol. The first-order valence-corrected chi connectivity index (χ1v) is 14.8. The van der Waals surface area contributed by atoms with E-state index in [1.165, 1.54) is 5.56 Å². The van der Waals surface area contributed by atoms with Crippen LogP contribution in [0.2, 0.25) is 0 Å². The van der Waals surface area contributed by atoms with Gasteiger partial charge in [-0.3, -0.25) is 0 Å². The minimum atomic E-state index is -1.01. The molecular weight excluding hydrogens is 554 g/mol. The van der Waals surface area contributed by atoms with E-state index in [-0.39, 0.29) is 6.03 Å². The van der Waals surface area contributed by atoms with Gasteiger partial charge in [-0.05, 0) is 49.5 Å². The van der Waals surface area contributed by atoms with Crippen LogP contribution >= 0.6 is 11.3 Å². The molecular formula is C30H33N7O4S. The van der Waals surface area contributed by atoms with Crippen LogP contribution < -0.4 is 15.4 Å². The molecule has 0 unspecified atom stereocenters. The highest BCUT2D eigenvalue weighted by atomic mass is 32.1. The van der Waals surface area contributed by atoms with Crippen LogP contribution in [0.15, 0.2) is 66.2 Å². The van der Waals surface area contributed by atoms with Gasteiger partial charge in [-0.15, -0.1) is 16.4 Å². The smallest absolute Gasteiger partial charge is 0.404 e. The van der Waals surface area contributed by atoms with E-state index in [1.807, 2.05) is 54.1 Å². The fraction of sp³-hybridized carbons (Fsp3) is 0.300. The molecule has 0 atom stereocenters. The molecule has 4 aromatic rings. The maximum atomic E-state index is 12.0. The molecule has 1 aliphatic heterocycles. The predicted molar refractivity (Wildman–Crippen MR) is 161 cm³/mol. The van der Waals surface area contributed by atoms with Crippen molar-refractivity contribution in [1.29, 1.82) is 0 Å². The highest BCUT2D eigenvalue weighted by Crippen LogP contribution is 2.34. The third-order valence-corrected chi connectivity index (χ3v) is 7.60. The number of aryl methyl sites for hydroxylation is 1. The van der Waals surface area contributed by atoms with Crippen LogP contribution in [0.5, 0.6) is 5.75 Å². The van der Waals surface area contributed by atoms with Crippen molar-refractivity contribution in [3.8, 4) is 22.0 Å². The second-order valence-corrected chi connectivity index (χ2v) is 10.6. The molecule has 0 bridgehead atoms. The van der Waals surface area contributed by atoms with Gasteiger partial charge in [0.15, 0.2) is 0 Å². The summed E-state index contributed by atoms with van der Waals surface area (Å²) in [5, 5.41) is 25.3. The first-order chi connectivity index (χ1) is 20.5. The molecule has 3 heterocycles. The molecule has 218 valence electrons. The summed E-state index contributed by atoms with van der Waals surface area (Å²) in [4.78, 5) is 29.1. The number of benzene rings is 2. The number of amides is 3. The molecule has 0 saturated carbocycles. The lowest BCUT2D eigenvalue weighted by Crippen LogP contribution is -2.31. The van der Waals surface area contributed by atoms with Gasteiger partial charge in [0.2, 0.25) is 0 Å². The Morgan fingerprint density at radius 2 is 2.07 bits per heavy atom. The maximum Gasteiger partial charge on any atom is 0.404 e. The molecule has 1 saturated heterocycles. The van der Waals surface area contributed by atoms with E-state index in [0.717, 1.165) is 46.9 Å². The van der Waals surface area contributed by atoms with Crippen molar-refractivity contribution < 1.29 is 19.4 Å². The number of urea groups is 1. The predicted octanol–water partition coefficient (Wildman–Crippen LogP) is 4.64. The van der Waals surface area contributed by atoms with E-state index in [1.54, 1.807) is 20.9 Å². The molecule has 12 heteroatoms. The quantitative estimate of drug-likeness (QED) is 0.183. The van der Waals surface area contributed by atoms with Crippen molar-refractivity contribution in [3.63, 3.8) is 0 Å². The molecule has 1 fully saturated rings. The number of thiazole rings is 1. The highest BCUT2D eigenvalue weighted by Gasteiger charge is 2.20. The Morgan fingerprint density at radius 3 is 2.88 bits per heavy atom. The number of aromatic nitrogens is 4. The number of allylic oxidation sites excluding steroid dienone is 1. The first-order valence-electron chi connectivity index (χ1n) is 13.9. The van der Waals surface area contributed by atoms with Gasteiger partial charge in [-0.1, -0.05) is 41.6 Å². The molecule has 2 aromatic heterocycles. The fourth-order valence-corrected chi connectivity index (χ4v) is 5.34. The summed E-state index contributed by atoms with van der Waals surface area (Å²) in [5.74, 6) is 0.651. The number of rotatable bonds is 14. The zero-order valence-corrected chi connectivity index (χ0v) is 23.9. The molecule has 3 N–H and O–H groups in total. The lowest BCUT2D eigenvalue weighted by atomic mass is 10.1. The van der Waals surface area contributed by atoms with Crippen molar-refractivity contribution >= 4 is 29.5 Å². The molecule has 42 heavy (non-hydrogen) atoms. The summed E-state index contributed by atoms with van der Waals surface area (Å²) in [5.41, 5.74) is 4.61. The number of hydrogen-bond donors (Lipinski definition) is 3. The van der Waals surface area contributed by atoms with Crippen molar-refractivity contribution in [1.82, 2.24) is 35.5 Å². The lowest BCUT2D eigenvalue weighted by Gasteiger charge is -2.16. The molecule has 11 nitrogen and oxygen atoms in total. The fourth-order valence-electron chi connectivity index (χ4n) is 4.52. The zero-order valence-electron chi connectivity index (χ0n) is 23.1. The lowest BCUT2D eigenvalue weighted by molar-refractivity contribution is 0.194. The average Bonchev–Trinajstić information content (AvgIpc) is 3.75. The van der Waals surface area contributed by atoms with Gasteiger partial charge >= 0.3 is 12.1 Å². The van der Waals surface area contributed by atoms with Crippen LogP contribution in [-0.4, -0.2) is 74.9 Å². The van der Waals surface area contributed by atoms with E-state index < -0.39 is 6.09 Å². The van der Waals surface area contributed by atoms with Gasteiger partial charge in [0.1, 0.15) is 17.4 Å². The Labute approximate surface area is 247 Å². The molecule has 3 amide bonds. The monoisotopic (exact) mass is 587 g/mol. The van der Waals surface area contributed by atoms with Gasteiger partial charge < -0.3 is 25.4 Å². The largest absolute Gasteiger partial charge is 0.491 e. The van der Waals surface area contributed by atoms with Crippen LogP contribution in [0, 0.1) is 0 Å². The number of nitrogens with zero attached hydrogens (tertiary/aromatic N) is 5. The zero-order chi connectivity index (χ0) is 29.1. The number of carbonyl (C=O) groups excluding carboxylic acids is 1. The minimum absolute atomic E-state index is 0.0756. The molecule has 0 spiro atoms. The summed E-state index contributed by atoms with van der Waals surface area (Å²) in [6, 6.07) is 16.1. The number of nitrogens with one attached hydrogen (secondary N) is 2. The molecule has 5 rings (SSSR count). The van der Waals surface area contributed by atoms with Crippen LogP contribution in [0.4, 0.5) is 9.59 Å². The Bertz CT molecular complexity index is 1520. The van der Waals surface area contributed by atoms with Crippen molar-refractivity contribution in [2.45, 2.75) is 25.7 Å². The highest BCUT2D eigenvalue weighted by molar-refractivity contribution is 7.13. The van der Waals surface area contributed by atoms with Gasteiger partial charge in [0.05, 0.1) is 35.4 Å². The Balaban J connectivity index is 1.29. The molecule has 0 radical (unpaired) electrons. The summed E-state index contributed by atoms with van der Waals surface area (Å²) < 4.78 is 7.94. The summed E-state index contributed by atoms with van der Waals surface area (Å²) in [6.45, 7) is 2.53. The summed E-state index contributed by atoms with van der Waals surface area (Å²) in [6.07, 6.45) is 8.04. The Morgan fingerprint density at radius 1 is 1.19 bits per heavy atom. The normalized spacial score (nSPS) is 13.0. The maximum absolute atomic E-state index is 12.0. The second kappa shape index (κ2) is 14.3. The van der Waals surface area contributed by atoms with E-state index in [9.17, 15) is 9.59 Å². The molecule has 1 aliphatic rings. The SMILES string of the molecule is O=C(O)NCCCCc1cn(-c2ccc(-c3nc(/C=C/Cc4ccccc4)cs3)c(OCCN3CCNC3=O)c2)nn1. The first kappa shape index (κ1) is 28.8. The van der Waals surface area contributed by atoms with Gasteiger partial charge in [0.25, 0.3) is 0 Å². The standard InChI is InChI=1S/C30H33N7O4S/c38-29-31-15-16-36(29)17-18-41-27-19-25(37-20-23(34-35-37)10-4-5-14-32-30(39)40)12-13-26(27)28-33-24(21-42-28)11-6-9-22-7-2-1-3-8-22/h1-3,6-8,11-13,19-21,32H,4-5,9-10,14-18H2,(H,31,38)(H,39,40)/b11-6+. The van der Waals surface area contributed by atoms with Crippen LogP contribution in [0.1, 0.15) is 29.8 Å². The Hall–Kier alpha value is -4.71. The minimum Gasteiger partial charge on any atom is -0.491 e. The van der Waals surface area contributed by atoms with Gasteiger partial charge in [-0.2, -0.15) is 0 Å². The number of ether oxygens (including phenoxy) is 1. The van der Waals surface area contributed by atoms with E-state index in [2.05, 4.69) is 39.2 Å². The van der Waals surface area contributed by atoms with E-state index >= 15 is 0 Å². The van der Waals surface area contributed by atoms with E-state index in [4.69, 9.17) is 14.8 Å². The van der Waals surface area contributed by atoms with Gasteiger partial charge in [0, 0.05) is 31.1 Å². The van der Waals surface area contributed by atoms with Crippen LogP contribution in [-0.2, 0) is 12.8 Å². The molecule has 2 aromatic carbocycles. The number of unbranched alkanes of at least 4 members (excludes halogenated alkanes) is 1. The van der Waals surface area contributed by atoms with Crippen LogP contribution in [0.25, 0.3) is 22.3 Å². The van der Waals surface area contributed by atoms with Crippen molar-refractivity contribution in [2.24, 2.45) is 0 Å². The van der Waals surface area contributed by atoms with Gasteiger partial charge in [-0.25, -0.2) is 19.3 Å².